The molecule has 0 saturated carbocycles. The molecule has 1 unspecified atom stereocenters. The lowest BCUT2D eigenvalue weighted by Gasteiger charge is -1.91. The summed E-state index contributed by atoms with van der Waals surface area (Å²) >= 11 is 0. The third kappa shape index (κ3) is 5.20. The second-order valence-corrected chi connectivity index (χ2v) is 2.84. The van der Waals surface area contributed by atoms with Gasteiger partial charge < -0.3 is 0 Å². The minimum absolute atomic E-state index is 1.02. The highest BCUT2D eigenvalue weighted by molar-refractivity contribution is 7.85. The van der Waals surface area contributed by atoms with Crippen LogP contribution in [0.5, 0.6) is 0 Å². The van der Waals surface area contributed by atoms with E-state index in [-0.39, 0.29) is 0 Å². The van der Waals surface area contributed by atoms with Crippen LogP contribution >= 0.6 is 0 Å². The van der Waals surface area contributed by atoms with E-state index in [0.717, 1.165) is 6.07 Å². The highest BCUT2D eigenvalue weighted by Crippen LogP contribution is 1.92. The van der Waals surface area contributed by atoms with Crippen molar-refractivity contribution in [1.82, 2.24) is 0 Å². The van der Waals surface area contributed by atoms with Crippen LogP contribution in [0, 0.1) is 11.3 Å². The molecule has 0 rings (SSSR count). The van der Waals surface area contributed by atoms with Crippen molar-refractivity contribution in [2.45, 2.75) is 6.17 Å². The fourth-order valence-electron chi connectivity index (χ4n) is 0.222. The largest absolute Gasteiger partial charge is 0.285 e. The van der Waals surface area contributed by atoms with Crippen LogP contribution < -0.4 is 0 Å². The summed E-state index contributed by atoms with van der Waals surface area (Å²) in [6.07, 6.45) is -2.14. The number of nitriles is 1. The summed E-state index contributed by atoms with van der Waals surface area (Å²) in [7, 11) is -4.33. The number of halogens is 1. The van der Waals surface area contributed by atoms with Gasteiger partial charge in [0.1, 0.15) is 11.8 Å². The Morgan fingerprint density at radius 2 is 2.22 bits per heavy atom. The molecule has 0 spiro atoms. The predicted molar refractivity (Wildman–Crippen MR) is 26.9 cm³/mol. The minimum Gasteiger partial charge on any atom is -0.285 e. The molecule has 0 heterocycles. The van der Waals surface area contributed by atoms with Gasteiger partial charge in [0.05, 0.1) is 0 Å². The molecule has 6 heteroatoms. The molecule has 0 radical (unpaired) electrons. The lowest BCUT2D eigenvalue weighted by Crippen LogP contribution is -2.13. The van der Waals surface area contributed by atoms with Crippen molar-refractivity contribution in [3.63, 3.8) is 0 Å². The maximum Gasteiger partial charge on any atom is 0.268 e. The Labute approximate surface area is 51.7 Å². The van der Waals surface area contributed by atoms with Crippen molar-refractivity contribution in [3.8, 4) is 6.07 Å². The summed E-state index contributed by atoms with van der Waals surface area (Å²) in [6, 6.07) is 1.02. The first-order valence-corrected chi connectivity index (χ1v) is 3.55. The van der Waals surface area contributed by atoms with Gasteiger partial charge in [-0.05, 0) is 0 Å². The first-order chi connectivity index (χ1) is 3.95. The van der Waals surface area contributed by atoms with E-state index in [1.54, 1.807) is 0 Å². The standard InChI is InChI=1S/C3H4FNO3S/c4-3(1-5)2-9(6,7)8/h3H,2H2,(H,6,7,8). The van der Waals surface area contributed by atoms with Crippen LogP contribution in [0.3, 0.4) is 0 Å². The zero-order chi connectivity index (χ0) is 7.49. The second-order valence-electron chi connectivity index (χ2n) is 1.35. The lowest BCUT2D eigenvalue weighted by molar-refractivity contribution is 0.416. The Hall–Kier alpha value is -0.670. The van der Waals surface area contributed by atoms with Crippen molar-refractivity contribution >= 4 is 10.1 Å². The van der Waals surface area contributed by atoms with Crippen LogP contribution in [0.2, 0.25) is 0 Å². The van der Waals surface area contributed by atoms with Crippen molar-refractivity contribution in [1.29, 1.82) is 5.26 Å². The molecule has 0 aliphatic rings. The number of hydrogen-bond acceptors (Lipinski definition) is 3. The highest BCUT2D eigenvalue weighted by Gasteiger charge is 2.13. The first kappa shape index (κ1) is 8.33. The van der Waals surface area contributed by atoms with Gasteiger partial charge in [0.2, 0.25) is 6.17 Å². The Bertz CT molecular complexity index is 216. The Balaban J connectivity index is 3.94. The smallest absolute Gasteiger partial charge is 0.268 e. The molecule has 0 aliphatic carbocycles. The molecule has 0 aromatic heterocycles. The Kier molecular flexibility index (Phi) is 2.55. The number of nitrogens with zero attached hydrogens (tertiary/aromatic N) is 1. The van der Waals surface area contributed by atoms with E-state index in [9.17, 15) is 12.8 Å². The van der Waals surface area contributed by atoms with E-state index in [2.05, 4.69) is 0 Å². The number of alkyl halides is 1. The molecule has 1 atom stereocenters. The molecule has 52 valence electrons. The maximum atomic E-state index is 11.7. The van der Waals surface area contributed by atoms with Gasteiger partial charge >= 0.3 is 0 Å². The molecule has 0 amide bonds. The zero-order valence-electron chi connectivity index (χ0n) is 4.28. The van der Waals surface area contributed by atoms with Crippen molar-refractivity contribution in [3.05, 3.63) is 0 Å². The van der Waals surface area contributed by atoms with E-state index >= 15 is 0 Å². The Morgan fingerprint density at radius 1 is 1.78 bits per heavy atom. The van der Waals surface area contributed by atoms with Gasteiger partial charge in [0.25, 0.3) is 10.1 Å². The SMILES string of the molecule is N#CC(F)CS(=O)(=O)O. The summed E-state index contributed by atoms with van der Waals surface area (Å²) in [5, 5.41) is 7.70. The first-order valence-electron chi connectivity index (χ1n) is 1.94. The lowest BCUT2D eigenvalue weighted by atomic mass is 10.5. The predicted octanol–water partition coefficient (Wildman–Crippen LogP) is -0.264. The maximum absolute atomic E-state index is 11.7. The quantitative estimate of drug-likeness (QED) is 0.554. The molecular weight excluding hydrogens is 149 g/mol. The summed E-state index contributed by atoms with van der Waals surface area (Å²) in [5.41, 5.74) is 0. The van der Waals surface area contributed by atoms with Crippen LogP contribution in [0.15, 0.2) is 0 Å². The molecule has 1 N–H and O–H groups in total. The van der Waals surface area contributed by atoms with Gasteiger partial charge in [-0.3, -0.25) is 4.55 Å². The van der Waals surface area contributed by atoms with Gasteiger partial charge in [-0.2, -0.15) is 13.7 Å². The summed E-state index contributed by atoms with van der Waals surface area (Å²) in [5.74, 6) is -1.15. The molecule has 0 bridgehead atoms. The van der Waals surface area contributed by atoms with E-state index in [1.807, 2.05) is 0 Å². The molecule has 0 aromatic carbocycles. The van der Waals surface area contributed by atoms with Crippen molar-refractivity contribution < 1.29 is 17.4 Å². The van der Waals surface area contributed by atoms with Crippen LogP contribution in [0.25, 0.3) is 0 Å². The normalized spacial score (nSPS) is 14.3. The van der Waals surface area contributed by atoms with Gasteiger partial charge in [-0.1, -0.05) is 0 Å². The fourth-order valence-corrected chi connectivity index (χ4v) is 0.667. The molecule has 9 heavy (non-hydrogen) atoms. The molecule has 0 aromatic rings. The third-order valence-electron chi connectivity index (χ3n) is 0.497. The van der Waals surface area contributed by atoms with Crippen LogP contribution in [-0.4, -0.2) is 24.9 Å². The number of hydrogen-bond donors (Lipinski definition) is 1. The van der Waals surface area contributed by atoms with Crippen LogP contribution in [0.4, 0.5) is 4.39 Å². The van der Waals surface area contributed by atoms with Crippen LogP contribution in [-0.2, 0) is 10.1 Å². The number of rotatable bonds is 2. The van der Waals surface area contributed by atoms with Gasteiger partial charge in [0, 0.05) is 0 Å². The van der Waals surface area contributed by atoms with Gasteiger partial charge in [0.15, 0.2) is 0 Å². The molecule has 0 fully saturated rings. The third-order valence-corrected chi connectivity index (χ3v) is 1.21. The summed E-state index contributed by atoms with van der Waals surface area (Å²) in [6.45, 7) is 0. The van der Waals surface area contributed by atoms with Crippen LogP contribution in [0.1, 0.15) is 0 Å². The molecule has 0 aliphatic heterocycles. The zero-order valence-corrected chi connectivity index (χ0v) is 5.10. The van der Waals surface area contributed by atoms with E-state index in [4.69, 9.17) is 9.81 Å². The molecular formula is C3H4FNO3S. The summed E-state index contributed by atoms with van der Waals surface area (Å²) < 4.78 is 39.2. The average molecular weight is 153 g/mol. The summed E-state index contributed by atoms with van der Waals surface area (Å²) in [4.78, 5) is 0. The van der Waals surface area contributed by atoms with Crippen molar-refractivity contribution in [2.75, 3.05) is 5.75 Å². The van der Waals surface area contributed by atoms with Gasteiger partial charge in [-0.25, -0.2) is 4.39 Å². The average Bonchev–Trinajstić information content (AvgIpc) is 1.62. The molecule has 4 nitrogen and oxygen atoms in total. The molecule has 0 saturated heterocycles. The second kappa shape index (κ2) is 2.75. The minimum atomic E-state index is -4.33. The van der Waals surface area contributed by atoms with E-state index in [1.165, 1.54) is 0 Å². The van der Waals surface area contributed by atoms with E-state index in [0.29, 0.717) is 0 Å². The highest BCUT2D eigenvalue weighted by atomic mass is 32.2. The Morgan fingerprint density at radius 3 is 2.33 bits per heavy atom. The van der Waals surface area contributed by atoms with E-state index < -0.39 is 22.0 Å². The topological polar surface area (TPSA) is 78.2 Å². The monoisotopic (exact) mass is 153 g/mol. The van der Waals surface area contributed by atoms with Gasteiger partial charge in [-0.15, -0.1) is 0 Å². The fraction of sp³-hybridized carbons (Fsp3) is 0.667. The van der Waals surface area contributed by atoms with Crippen molar-refractivity contribution in [2.24, 2.45) is 0 Å².